The summed E-state index contributed by atoms with van der Waals surface area (Å²) < 4.78 is 4.97. The molecule has 5 heteroatoms. The second-order valence-electron chi connectivity index (χ2n) is 5.67. The van der Waals surface area contributed by atoms with E-state index in [4.69, 9.17) is 4.74 Å². The Kier molecular flexibility index (Phi) is 6.68. The molecular weight excluding hydrogens is 278 g/mol. The van der Waals surface area contributed by atoms with E-state index in [0.717, 1.165) is 38.4 Å². The lowest BCUT2D eigenvalue weighted by atomic mass is 10.1. The van der Waals surface area contributed by atoms with E-state index in [2.05, 4.69) is 39.4 Å². The van der Waals surface area contributed by atoms with Crippen molar-refractivity contribution in [3.63, 3.8) is 0 Å². The number of ether oxygens (including phenoxy) is 1. The zero-order valence-electron chi connectivity index (χ0n) is 13.7. The van der Waals surface area contributed by atoms with Gasteiger partial charge < -0.3 is 15.0 Å². The molecule has 0 unspecified atom stereocenters. The number of hydrogen-bond donors (Lipinski definition) is 1. The molecule has 0 saturated carbocycles. The number of piperazine rings is 1. The smallest absolute Gasteiger partial charge is 0.307 e. The Hall–Kier alpha value is -1.59. The van der Waals surface area contributed by atoms with Gasteiger partial charge in [-0.15, -0.1) is 0 Å². The molecule has 0 aliphatic carbocycles. The van der Waals surface area contributed by atoms with Crippen LogP contribution in [0.3, 0.4) is 0 Å². The van der Waals surface area contributed by atoms with Gasteiger partial charge >= 0.3 is 5.97 Å². The van der Waals surface area contributed by atoms with Crippen LogP contribution in [0.2, 0.25) is 0 Å². The first-order valence-corrected chi connectivity index (χ1v) is 8.08. The van der Waals surface area contributed by atoms with Gasteiger partial charge in [-0.25, -0.2) is 0 Å². The molecule has 0 amide bonds. The quantitative estimate of drug-likeness (QED) is 0.773. The molecule has 0 radical (unpaired) electrons. The predicted molar refractivity (Wildman–Crippen MR) is 89.1 cm³/mol. The highest BCUT2D eigenvalue weighted by molar-refractivity contribution is 5.70. The van der Waals surface area contributed by atoms with E-state index in [1.54, 1.807) is 0 Å². The van der Waals surface area contributed by atoms with Crippen LogP contribution in [0.25, 0.3) is 0 Å². The lowest BCUT2D eigenvalue weighted by Crippen LogP contribution is -2.42. The van der Waals surface area contributed by atoms with Crippen molar-refractivity contribution in [2.45, 2.75) is 19.9 Å². The zero-order valence-corrected chi connectivity index (χ0v) is 13.7. The maximum absolute atomic E-state index is 11.4. The highest BCUT2D eigenvalue weighted by Gasteiger charge is 2.11. The minimum absolute atomic E-state index is 0.133. The number of anilines is 1. The van der Waals surface area contributed by atoms with Gasteiger partial charge in [0.2, 0.25) is 0 Å². The van der Waals surface area contributed by atoms with Gasteiger partial charge in [0.05, 0.1) is 13.0 Å². The molecule has 1 aliphatic heterocycles. The van der Waals surface area contributed by atoms with Gasteiger partial charge in [0.15, 0.2) is 0 Å². The molecule has 1 N–H and O–H groups in total. The summed E-state index contributed by atoms with van der Waals surface area (Å²) in [5.41, 5.74) is 2.47. The van der Waals surface area contributed by atoms with Crippen molar-refractivity contribution < 1.29 is 9.53 Å². The van der Waals surface area contributed by atoms with Gasteiger partial charge in [-0.1, -0.05) is 12.1 Å². The maximum Gasteiger partial charge on any atom is 0.307 e. The molecule has 0 aromatic heterocycles. The summed E-state index contributed by atoms with van der Waals surface area (Å²) in [5.74, 6) is -0.133. The van der Waals surface area contributed by atoms with Crippen molar-refractivity contribution in [3.05, 3.63) is 29.8 Å². The number of carbonyl (C=O) groups excluding carboxylic acids is 1. The predicted octanol–water partition coefficient (Wildman–Crippen LogP) is 1.48. The van der Waals surface area contributed by atoms with E-state index in [9.17, 15) is 4.79 Å². The molecule has 1 aliphatic rings. The second-order valence-corrected chi connectivity index (χ2v) is 5.67. The summed E-state index contributed by atoms with van der Waals surface area (Å²) in [7, 11) is 2.02. The van der Waals surface area contributed by atoms with E-state index < -0.39 is 0 Å². The van der Waals surface area contributed by atoms with Gasteiger partial charge in [0.25, 0.3) is 0 Å². The third-order valence-corrected chi connectivity index (χ3v) is 3.92. The summed E-state index contributed by atoms with van der Waals surface area (Å²) in [6.07, 6.45) is 0.423. The first-order chi connectivity index (χ1) is 10.7. The summed E-state index contributed by atoms with van der Waals surface area (Å²) in [4.78, 5) is 16.0. The minimum Gasteiger partial charge on any atom is -0.466 e. The number of hydrogen-bond acceptors (Lipinski definition) is 5. The Labute approximate surface area is 133 Å². The van der Waals surface area contributed by atoms with Crippen molar-refractivity contribution >= 4 is 11.7 Å². The molecule has 1 aromatic rings. The van der Waals surface area contributed by atoms with Crippen LogP contribution in [0.5, 0.6) is 0 Å². The molecule has 0 atom stereocenters. The highest BCUT2D eigenvalue weighted by Crippen LogP contribution is 2.17. The van der Waals surface area contributed by atoms with Crippen LogP contribution in [0, 0.1) is 0 Å². The molecule has 0 bridgehead atoms. The van der Waals surface area contributed by atoms with Crippen LogP contribution < -0.4 is 10.2 Å². The van der Waals surface area contributed by atoms with E-state index in [1.807, 2.05) is 14.0 Å². The van der Waals surface area contributed by atoms with Crippen LogP contribution in [0.4, 0.5) is 5.69 Å². The largest absolute Gasteiger partial charge is 0.466 e. The zero-order chi connectivity index (χ0) is 15.8. The molecule has 0 spiro atoms. The third-order valence-electron chi connectivity index (χ3n) is 3.92. The van der Waals surface area contributed by atoms with Crippen molar-refractivity contribution in [1.29, 1.82) is 0 Å². The van der Waals surface area contributed by atoms with E-state index >= 15 is 0 Å². The fourth-order valence-electron chi connectivity index (χ4n) is 2.64. The Morgan fingerprint density at radius 3 is 2.86 bits per heavy atom. The Morgan fingerprint density at radius 1 is 1.36 bits per heavy atom. The van der Waals surface area contributed by atoms with Crippen molar-refractivity contribution in [1.82, 2.24) is 10.2 Å². The Bertz CT molecular complexity index is 473. The molecule has 5 nitrogen and oxygen atoms in total. The van der Waals surface area contributed by atoms with Gasteiger partial charge in [-0.05, 0) is 24.6 Å². The lowest BCUT2D eigenvalue weighted by molar-refractivity contribution is -0.142. The number of rotatable bonds is 7. The number of nitrogens with zero attached hydrogens (tertiary/aromatic N) is 2. The molecule has 1 saturated heterocycles. The molecule has 1 aromatic carbocycles. The lowest BCUT2D eigenvalue weighted by Gasteiger charge is -2.27. The first-order valence-electron chi connectivity index (χ1n) is 8.08. The SMILES string of the molecule is CCOC(=O)CCN(C)c1cccc(CN2CCNCC2)c1. The Balaban J connectivity index is 1.87. The molecule has 22 heavy (non-hydrogen) atoms. The van der Waals surface area contributed by atoms with E-state index in [-0.39, 0.29) is 5.97 Å². The summed E-state index contributed by atoms with van der Waals surface area (Å²) >= 11 is 0. The minimum atomic E-state index is -0.133. The van der Waals surface area contributed by atoms with Gasteiger partial charge in [-0.2, -0.15) is 0 Å². The molecule has 122 valence electrons. The number of nitrogens with one attached hydrogen (secondary N) is 1. The van der Waals surface area contributed by atoms with Crippen molar-refractivity contribution in [2.24, 2.45) is 0 Å². The van der Waals surface area contributed by atoms with Crippen LogP contribution in [0.15, 0.2) is 24.3 Å². The van der Waals surface area contributed by atoms with Gasteiger partial charge in [0.1, 0.15) is 0 Å². The van der Waals surface area contributed by atoms with Crippen molar-refractivity contribution in [2.75, 3.05) is 51.3 Å². The highest BCUT2D eigenvalue weighted by atomic mass is 16.5. The summed E-state index contributed by atoms with van der Waals surface area (Å²) in [6.45, 7) is 8.28. The fraction of sp³-hybridized carbons (Fsp3) is 0.588. The first kappa shape index (κ1) is 16.8. The van der Waals surface area contributed by atoms with Gasteiger partial charge in [-0.3, -0.25) is 9.69 Å². The topological polar surface area (TPSA) is 44.8 Å². The fourth-order valence-corrected chi connectivity index (χ4v) is 2.64. The summed E-state index contributed by atoms with van der Waals surface area (Å²) in [6, 6.07) is 8.57. The van der Waals surface area contributed by atoms with Crippen LogP contribution in [-0.4, -0.2) is 57.2 Å². The standard InChI is InChI=1S/C17H27N3O2/c1-3-22-17(21)7-10-19(2)16-6-4-5-15(13-16)14-20-11-8-18-9-12-20/h4-6,13,18H,3,7-12,14H2,1-2H3. The molecule has 1 heterocycles. The van der Waals surface area contributed by atoms with Gasteiger partial charge in [0, 0.05) is 52.0 Å². The number of benzene rings is 1. The number of carbonyl (C=O) groups is 1. The van der Waals surface area contributed by atoms with Crippen molar-refractivity contribution in [3.8, 4) is 0 Å². The average molecular weight is 305 g/mol. The second kappa shape index (κ2) is 8.76. The molecule has 1 fully saturated rings. The van der Waals surface area contributed by atoms with Crippen LogP contribution >= 0.6 is 0 Å². The average Bonchev–Trinajstić information content (AvgIpc) is 2.54. The monoisotopic (exact) mass is 305 g/mol. The van der Waals surface area contributed by atoms with Crippen LogP contribution in [0.1, 0.15) is 18.9 Å². The van der Waals surface area contributed by atoms with E-state index in [1.165, 1.54) is 5.56 Å². The maximum atomic E-state index is 11.4. The summed E-state index contributed by atoms with van der Waals surface area (Å²) in [5, 5.41) is 3.37. The molecule has 2 rings (SSSR count). The third kappa shape index (κ3) is 5.31. The van der Waals surface area contributed by atoms with Crippen LogP contribution in [-0.2, 0) is 16.1 Å². The van der Waals surface area contributed by atoms with E-state index in [0.29, 0.717) is 19.6 Å². The Morgan fingerprint density at radius 2 is 2.14 bits per heavy atom. The number of esters is 1. The molecular formula is C17H27N3O2. The normalized spacial score (nSPS) is 15.5.